The lowest BCUT2D eigenvalue weighted by molar-refractivity contribution is 0.346. The summed E-state index contributed by atoms with van der Waals surface area (Å²) in [7, 11) is 5.00. The molecule has 1 N–H and O–H groups in total. The van der Waals surface area contributed by atoms with Crippen LogP contribution in [0.3, 0.4) is 0 Å². The molecule has 3 nitrogen and oxygen atoms in total. The second kappa shape index (κ2) is 4.43. The summed E-state index contributed by atoms with van der Waals surface area (Å²) >= 11 is 0. The summed E-state index contributed by atoms with van der Waals surface area (Å²) in [4.78, 5) is 0. The van der Waals surface area contributed by atoms with Gasteiger partial charge in [0.05, 0.1) is 14.2 Å². The molecule has 2 rings (SSSR count). The van der Waals surface area contributed by atoms with E-state index in [4.69, 9.17) is 9.47 Å². The fourth-order valence-electron chi connectivity index (χ4n) is 2.97. The molecule has 0 saturated heterocycles. The number of ether oxygens (including phenoxy) is 2. The van der Waals surface area contributed by atoms with E-state index in [1.54, 1.807) is 7.11 Å². The maximum Gasteiger partial charge on any atom is 0.165 e. The Kier molecular flexibility index (Phi) is 3.23. The molecule has 0 amide bonds. The highest BCUT2D eigenvalue weighted by Crippen LogP contribution is 2.52. The molecule has 18 heavy (non-hydrogen) atoms. The number of rotatable bonds is 3. The first kappa shape index (κ1) is 13.1. The average Bonchev–Trinajstić information content (AvgIpc) is 2.61. The summed E-state index contributed by atoms with van der Waals surface area (Å²) in [5, 5.41) is 3.23. The average molecular weight is 253 g/mol. The van der Waals surface area contributed by atoms with E-state index in [9.17, 15) is 4.39 Å². The van der Waals surface area contributed by atoms with Gasteiger partial charge in [0.25, 0.3) is 0 Å². The number of fused-ring (bicyclic) bond motifs is 1. The Morgan fingerprint density at radius 1 is 1.33 bits per heavy atom. The largest absolute Gasteiger partial charge is 0.493 e. The Morgan fingerprint density at radius 3 is 2.50 bits per heavy atom. The molecule has 4 heteroatoms. The van der Waals surface area contributed by atoms with Crippen molar-refractivity contribution in [3.05, 3.63) is 23.0 Å². The minimum absolute atomic E-state index is 0.0922. The van der Waals surface area contributed by atoms with Gasteiger partial charge < -0.3 is 14.8 Å². The van der Waals surface area contributed by atoms with Crippen molar-refractivity contribution in [3.8, 4) is 11.5 Å². The summed E-state index contributed by atoms with van der Waals surface area (Å²) in [6, 6.07) is 1.51. The van der Waals surface area contributed by atoms with Crippen LogP contribution < -0.4 is 14.8 Å². The van der Waals surface area contributed by atoms with Gasteiger partial charge >= 0.3 is 0 Å². The van der Waals surface area contributed by atoms with Crippen molar-refractivity contribution in [2.24, 2.45) is 0 Å². The minimum Gasteiger partial charge on any atom is -0.493 e. The van der Waals surface area contributed by atoms with Gasteiger partial charge in [-0.25, -0.2) is 4.39 Å². The molecule has 0 heterocycles. The van der Waals surface area contributed by atoms with Crippen LogP contribution in [0.1, 0.15) is 37.4 Å². The molecular weight excluding hydrogens is 233 g/mol. The van der Waals surface area contributed by atoms with E-state index in [-0.39, 0.29) is 17.3 Å². The van der Waals surface area contributed by atoms with E-state index >= 15 is 0 Å². The molecule has 0 aliphatic heterocycles. The molecule has 0 fully saturated rings. The molecule has 0 radical (unpaired) electrons. The first-order valence-corrected chi connectivity index (χ1v) is 6.08. The molecule has 1 aromatic carbocycles. The quantitative estimate of drug-likeness (QED) is 0.898. The first-order valence-electron chi connectivity index (χ1n) is 6.08. The standard InChI is InChI=1S/C14H20FNO2/c1-14(2)7-9(16-3)11-12(14)8(15)6-10(17-4)13(11)18-5/h6,9,16H,7H2,1-5H3. The third-order valence-corrected chi connectivity index (χ3v) is 3.75. The third-order valence-electron chi connectivity index (χ3n) is 3.75. The van der Waals surface area contributed by atoms with E-state index in [0.717, 1.165) is 17.5 Å². The first-order chi connectivity index (χ1) is 8.46. The SMILES string of the molecule is CNC1CC(C)(C)c2c(F)cc(OC)c(OC)c21. The van der Waals surface area contributed by atoms with Gasteiger partial charge in [-0.15, -0.1) is 0 Å². The van der Waals surface area contributed by atoms with Gasteiger partial charge in [0.15, 0.2) is 11.5 Å². The van der Waals surface area contributed by atoms with Crippen LogP contribution >= 0.6 is 0 Å². The van der Waals surface area contributed by atoms with Crippen LogP contribution in [0.25, 0.3) is 0 Å². The smallest absolute Gasteiger partial charge is 0.165 e. The molecular formula is C14H20FNO2. The number of methoxy groups -OCH3 is 2. The molecule has 0 spiro atoms. The maximum atomic E-state index is 14.3. The van der Waals surface area contributed by atoms with E-state index in [2.05, 4.69) is 19.2 Å². The summed E-state index contributed by atoms with van der Waals surface area (Å²) < 4.78 is 24.9. The second-order valence-electron chi connectivity index (χ2n) is 5.31. The molecule has 1 aliphatic carbocycles. The Morgan fingerprint density at radius 2 is 2.00 bits per heavy atom. The van der Waals surface area contributed by atoms with Gasteiger partial charge in [0.2, 0.25) is 0 Å². The summed E-state index contributed by atoms with van der Waals surface area (Å²) in [6.45, 7) is 4.11. The van der Waals surface area contributed by atoms with E-state index in [1.807, 2.05) is 7.05 Å². The van der Waals surface area contributed by atoms with Crippen LogP contribution in [0, 0.1) is 5.82 Å². The predicted octanol–water partition coefficient (Wildman–Crippen LogP) is 2.78. The molecule has 1 aromatic rings. The zero-order chi connectivity index (χ0) is 13.5. The summed E-state index contributed by atoms with van der Waals surface area (Å²) in [5.74, 6) is 0.871. The Bertz CT molecular complexity index is 471. The van der Waals surface area contributed by atoms with Crippen LogP contribution in [-0.4, -0.2) is 21.3 Å². The van der Waals surface area contributed by atoms with Crippen molar-refractivity contribution in [1.29, 1.82) is 0 Å². The van der Waals surface area contributed by atoms with Gasteiger partial charge in [-0.05, 0) is 18.9 Å². The van der Waals surface area contributed by atoms with Crippen LogP contribution in [0.5, 0.6) is 11.5 Å². The van der Waals surface area contributed by atoms with Crippen LogP contribution in [0.15, 0.2) is 6.07 Å². The number of hydrogen-bond donors (Lipinski definition) is 1. The van der Waals surface area contributed by atoms with Gasteiger partial charge in [-0.3, -0.25) is 0 Å². The highest BCUT2D eigenvalue weighted by atomic mass is 19.1. The lowest BCUT2D eigenvalue weighted by Crippen LogP contribution is -2.17. The lowest BCUT2D eigenvalue weighted by Gasteiger charge is -2.20. The van der Waals surface area contributed by atoms with Crippen molar-refractivity contribution in [2.45, 2.75) is 31.7 Å². The molecule has 0 aromatic heterocycles. The van der Waals surface area contributed by atoms with Gasteiger partial charge in [-0.1, -0.05) is 13.8 Å². The highest BCUT2D eigenvalue weighted by molar-refractivity contribution is 5.57. The number of halogens is 1. The van der Waals surface area contributed by atoms with Crippen molar-refractivity contribution < 1.29 is 13.9 Å². The topological polar surface area (TPSA) is 30.5 Å². The van der Waals surface area contributed by atoms with Crippen molar-refractivity contribution in [3.63, 3.8) is 0 Å². The van der Waals surface area contributed by atoms with Gasteiger partial charge in [0, 0.05) is 23.2 Å². The van der Waals surface area contributed by atoms with Crippen LogP contribution in [0.2, 0.25) is 0 Å². The molecule has 0 bridgehead atoms. The number of nitrogens with one attached hydrogen (secondary N) is 1. The fourth-order valence-corrected chi connectivity index (χ4v) is 2.97. The molecule has 1 aliphatic rings. The predicted molar refractivity (Wildman–Crippen MR) is 68.9 cm³/mol. The summed E-state index contributed by atoms with van der Waals surface area (Å²) in [5.41, 5.74) is 1.42. The van der Waals surface area contributed by atoms with Crippen LogP contribution in [-0.2, 0) is 5.41 Å². The maximum absolute atomic E-state index is 14.3. The number of benzene rings is 1. The molecule has 0 saturated carbocycles. The van der Waals surface area contributed by atoms with E-state index in [1.165, 1.54) is 13.2 Å². The monoisotopic (exact) mass is 253 g/mol. The van der Waals surface area contributed by atoms with Gasteiger partial charge in [0.1, 0.15) is 5.82 Å². The van der Waals surface area contributed by atoms with E-state index < -0.39 is 0 Å². The molecule has 1 unspecified atom stereocenters. The summed E-state index contributed by atoms with van der Waals surface area (Å²) in [6.07, 6.45) is 0.847. The third kappa shape index (κ3) is 1.75. The van der Waals surface area contributed by atoms with Crippen molar-refractivity contribution >= 4 is 0 Å². The Labute approximate surface area is 107 Å². The lowest BCUT2D eigenvalue weighted by atomic mass is 9.86. The number of hydrogen-bond acceptors (Lipinski definition) is 3. The Balaban J connectivity index is 2.74. The zero-order valence-corrected chi connectivity index (χ0v) is 11.6. The Hall–Kier alpha value is -1.29. The van der Waals surface area contributed by atoms with E-state index in [0.29, 0.717) is 11.5 Å². The fraction of sp³-hybridized carbons (Fsp3) is 0.571. The van der Waals surface area contributed by atoms with Crippen LogP contribution in [0.4, 0.5) is 4.39 Å². The van der Waals surface area contributed by atoms with Crippen molar-refractivity contribution in [1.82, 2.24) is 5.32 Å². The molecule has 1 atom stereocenters. The molecule has 100 valence electrons. The van der Waals surface area contributed by atoms with Crippen molar-refractivity contribution in [2.75, 3.05) is 21.3 Å². The second-order valence-corrected chi connectivity index (χ2v) is 5.31. The highest BCUT2D eigenvalue weighted by Gasteiger charge is 2.42. The van der Waals surface area contributed by atoms with Gasteiger partial charge in [-0.2, -0.15) is 0 Å². The minimum atomic E-state index is -0.217. The zero-order valence-electron chi connectivity index (χ0n) is 11.6. The normalized spacial score (nSPS) is 20.7.